The van der Waals surface area contributed by atoms with E-state index in [1.54, 1.807) is 0 Å². The summed E-state index contributed by atoms with van der Waals surface area (Å²) < 4.78 is 1.22. The van der Waals surface area contributed by atoms with Crippen molar-refractivity contribution in [2.24, 2.45) is 0 Å². The fourth-order valence-corrected chi connectivity index (χ4v) is 1.40. The lowest BCUT2D eigenvalue weighted by Gasteiger charge is -2.03. The Bertz CT molecular complexity index is 480. The topological polar surface area (TPSA) is 102 Å². The van der Waals surface area contributed by atoms with Crippen molar-refractivity contribution >= 4 is 11.7 Å². The van der Waals surface area contributed by atoms with Gasteiger partial charge in [0.2, 0.25) is 0 Å². The Morgan fingerprint density at radius 1 is 1.47 bits per heavy atom. The number of aryl methyl sites for hydroxylation is 1. The minimum absolute atomic E-state index is 0.0314. The maximum absolute atomic E-state index is 11.5. The van der Waals surface area contributed by atoms with Crippen molar-refractivity contribution in [3.63, 3.8) is 0 Å². The van der Waals surface area contributed by atoms with E-state index in [1.165, 1.54) is 16.8 Å². The van der Waals surface area contributed by atoms with Crippen LogP contribution in [0, 0.1) is 10.1 Å². The number of nitrogens with zero attached hydrogens (tertiary/aromatic N) is 2. The largest absolute Gasteiger partial charge is 0.481 e. The summed E-state index contributed by atoms with van der Waals surface area (Å²) in [7, 11) is 0. The minimum atomic E-state index is -0.892. The lowest BCUT2D eigenvalue weighted by Crippen LogP contribution is -2.21. The number of carbonyl (C=O) groups is 1. The Kier molecular flexibility index (Phi) is 4.38. The van der Waals surface area contributed by atoms with E-state index in [1.807, 2.05) is 0 Å². The first-order valence-corrected chi connectivity index (χ1v) is 5.08. The third-order valence-electron chi connectivity index (χ3n) is 2.24. The van der Waals surface area contributed by atoms with E-state index in [9.17, 15) is 19.7 Å². The molecule has 7 nitrogen and oxygen atoms in total. The van der Waals surface area contributed by atoms with E-state index in [2.05, 4.69) is 0 Å². The van der Waals surface area contributed by atoms with Gasteiger partial charge in [0.15, 0.2) is 0 Å². The van der Waals surface area contributed by atoms with Crippen LogP contribution in [0.4, 0.5) is 5.69 Å². The molecule has 0 bridgehead atoms. The number of unbranched alkanes of at least 4 members (excludes halogenated alkanes) is 1. The molecular weight excluding hydrogens is 228 g/mol. The number of hydrogen-bond acceptors (Lipinski definition) is 4. The van der Waals surface area contributed by atoms with E-state index in [0.29, 0.717) is 12.8 Å². The van der Waals surface area contributed by atoms with Gasteiger partial charge in [0, 0.05) is 25.2 Å². The van der Waals surface area contributed by atoms with E-state index in [4.69, 9.17) is 5.11 Å². The Labute approximate surface area is 96.5 Å². The molecule has 0 fully saturated rings. The first-order valence-electron chi connectivity index (χ1n) is 5.08. The summed E-state index contributed by atoms with van der Waals surface area (Å²) in [5.41, 5.74) is -1.13. The Hall–Kier alpha value is -2.18. The van der Waals surface area contributed by atoms with Gasteiger partial charge >= 0.3 is 17.2 Å². The van der Waals surface area contributed by atoms with Crippen LogP contribution >= 0.6 is 0 Å². The zero-order chi connectivity index (χ0) is 12.8. The first-order chi connectivity index (χ1) is 8.02. The van der Waals surface area contributed by atoms with Gasteiger partial charge in [0.05, 0.1) is 4.92 Å². The average Bonchev–Trinajstić information content (AvgIpc) is 2.25. The fourth-order valence-electron chi connectivity index (χ4n) is 1.40. The second-order valence-electron chi connectivity index (χ2n) is 3.50. The molecule has 92 valence electrons. The normalized spacial score (nSPS) is 10.1. The fraction of sp³-hybridized carbons (Fsp3) is 0.400. The molecule has 1 aromatic heterocycles. The minimum Gasteiger partial charge on any atom is -0.481 e. The molecule has 0 atom stereocenters. The van der Waals surface area contributed by atoms with Crippen LogP contribution in [0.25, 0.3) is 0 Å². The molecule has 1 N–H and O–H groups in total. The summed E-state index contributed by atoms with van der Waals surface area (Å²) in [6.07, 6.45) is 2.41. The maximum Gasteiger partial charge on any atom is 0.334 e. The SMILES string of the molecule is O=C(O)CCCCn1cccc([N+](=O)[O-])c1=O. The van der Waals surface area contributed by atoms with Crippen molar-refractivity contribution in [2.75, 3.05) is 0 Å². The highest BCUT2D eigenvalue weighted by Gasteiger charge is 2.12. The summed E-state index contributed by atoms with van der Waals surface area (Å²) in [5.74, 6) is -0.892. The Morgan fingerprint density at radius 2 is 2.18 bits per heavy atom. The lowest BCUT2D eigenvalue weighted by atomic mass is 10.2. The molecule has 0 saturated carbocycles. The second-order valence-corrected chi connectivity index (χ2v) is 3.50. The van der Waals surface area contributed by atoms with E-state index in [0.717, 1.165) is 6.07 Å². The predicted molar refractivity (Wildman–Crippen MR) is 58.8 cm³/mol. The van der Waals surface area contributed by atoms with Crippen molar-refractivity contribution in [3.8, 4) is 0 Å². The third kappa shape index (κ3) is 3.71. The molecule has 1 rings (SSSR count). The summed E-state index contributed by atoms with van der Waals surface area (Å²) in [4.78, 5) is 31.6. The second kappa shape index (κ2) is 5.78. The summed E-state index contributed by atoms with van der Waals surface area (Å²) >= 11 is 0. The molecule has 17 heavy (non-hydrogen) atoms. The van der Waals surface area contributed by atoms with Gasteiger partial charge < -0.3 is 9.67 Å². The molecule has 0 spiro atoms. The van der Waals surface area contributed by atoms with Gasteiger partial charge in [-0.25, -0.2) is 0 Å². The van der Waals surface area contributed by atoms with Gasteiger partial charge in [-0.05, 0) is 18.9 Å². The van der Waals surface area contributed by atoms with Gasteiger partial charge in [-0.3, -0.25) is 19.7 Å². The number of aromatic nitrogens is 1. The summed E-state index contributed by atoms with van der Waals surface area (Å²) in [5, 5.41) is 18.9. The number of rotatable bonds is 6. The molecule has 0 aliphatic carbocycles. The summed E-state index contributed by atoms with van der Waals surface area (Å²) in [6, 6.07) is 2.58. The third-order valence-corrected chi connectivity index (χ3v) is 2.24. The van der Waals surface area contributed by atoms with Crippen molar-refractivity contribution in [1.82, 2.24) is 4.57 Å². The van der Waals surface area contributed by atoms with Gasteiger partial charge in [-0.1, -0.05) is 0 Å². The molecule has 0 unspecified atom stereocenters. The van der Waals surface area contributed by atoms with E-state index < -0.39 is 22.1 Å². The Balaban J connectivity index is 2.66. The van der Waals surface area contributed by atoms with Gasteiger partial charge in [0.1, 0.15) is 0 Å². The number of carboxylic acids is 1. The van der Waals surface area contributed by atoms with Gasteiger partial charge in [-0.15, -0.1) is 0 Å². The van der Waals surface area contributed by atoms with E-state index in [-0.39, 0.29) is 13.0 Å². The van der Waals surface area contributed by atoms with Crippen LogP contribution in [0.1, 0.15) is 19.3 Å². The molecular formula is C10H12N2O5. The zero-order valence-corrected chi connectivity index (χ0v) is 9.04. The van der Waals surface area contributed by atoms with Gasteiger partial charge in [0.25, 0.3) is 0 Å². The van der Waals surface area contributed by atoms with Crippen molar-refractivity contribution < 1.29 is 14.8 Å². The number of aliphatic carboxylic acids is 1. The predicted octanol–water partition coefficient (Wildman–Crippen LogP) is 1.01. The number of nitro groups is 1. The molecule has 0 aliphatic rings. The van der Waals surface area contributed by atoms with Crippen molar-refractivity contribution in [3.05, 3.63) is 38.8 Å². The van der Waals surface area contributed by atoms with Crippen LogP contribution in [-0.4, -0.2) is 20.6 Å². The molecule has 0 saturated heterocycles. The number of carboxylic acid groups (broad SMARTS) is 1. The standard InChI is InChI=1S/C10H12N2O5/c13-9(14)5-1-2-6-11-7-3-4-8(10(11)15)12(16)17/h3-4,7H,1-2,5-6H2,(H,13,14). The number of pyridine rings is 1. The molecule has 0 aromatic carbocycles. The first kappa shape index (κ1) is 12.9. The molecule has 0 aliphatic heterocycles. The van der Waals surface area contributed by atoms with Crippen molar-refractivity contribution in [1.29, 1.82) is 0 Å². The Morgan fingerprint density at radius 3 is 2.76 bits per heavy atom. The highest BCUT2D eigenvalue weighted by molar-refractivity contribution is 5.66. The quantitative estimate of drug-likeness (QED) is 0.454. The monoisotopic (exact) mass is 240 g/mol. The summed E-state index contributed by atoms with van der Waals surface area (Å²) in [6.45, 7) is 0.286. The maximum atomic E-state index is 11.5. The van der Waals surface area contributed by atoms with Crippen LogP contribution < -0.4 is 5.56 Å². The molecule has 0 radical (unpaired) electrons. The molecule has 1 aromatic rings. The zero-order valence-electron chi connectivity index (χ0n) is 9.04. The van der Waals surface area contributed by atoms with E-state index >= 15 is 0 Å². The lowest BCUT2D eigenvalue weighted by molar-refractivity contribution is -0.386. The molecule has 0 amide bonds. The highest BCUT2D eigenvalue weighted by Crippen LogP contribution is 2.03. The molecule has 7 heteroatoms. The highest BCUT2D eigenvalue weighted by atomic mass is 16.6. The van der Waals surface area contributed by atoms with Crippen molar-refractivity contribution in [2.45, 2.75) is 25.8 Å². The molecule has 1 heterocycles. The smallest absolute Gasteiger partial charge is 0.334 e. The van der Waals surface area contributed by atoms with Crippen LogP contribution in [0.15, 0.2) is 23.1 Å². The van der Waals surface area contributed by atoms with Gasteiger partial charge in [-0.2, -0.15) is 0 Å². The van der Waals surface area contributed by atoms with Crippen LogP contribution in [0.5, 0.6) is 0 Å². The average molecular weight is 240 g/mol. The van der Waals surface area contributed by atoms with Crippen LogP contribution in [-0.2, 0) is 11.3 Å². The van der Waals surface area contributed by atoms with Crippen LogP contribution in [0.3, 0.4) is 0 Å². The number of hydrogen-bond donors (Lipinski definition) is 1. The van der Waals surface area contributed by atoms with Crippen LogP contribution in [0.2, 0.25) is 0 Å².